The molecule has 32 heavy (non-hydrogen) atoms. The highest BCUT2D eigenvalue weighted by Gasteiger charge is 2.21. The largest absolute Gasteiger partial charge is 0.497 e. The highest BCUT2D eigenvalue weighted by Crippen LogP contribution is 2.24. The standard InChI is InChI=1S/C24H18BrN3O4/c1-31-20-13-11-19(12-14-20)28-23(17-7-9-18(25)10-8-17)26-22(27-28)24(30)32-15-21(29)16-5-3-2-4-6-16/h2-14H,15H2,1H3. The SMILES string of the molecule is COc1ccc(-n2nc(C(=O)OCC(=O)c3ccccc3)nc2-c2ccc(Br)cc2)cc1. The number of hydrogen-bond donors (Lipinski definition) is 0. The summed E-state index contributed by atoms with van der Waals surface area (Å²) in [7, 11) is 1.59. The number of ether oxygens (including phenoxy) is 2. The fourth-order valence-electron chi connectivity index (χ4n) is 2.99. The van der Waals surface area contributed by atoms with Gasteiger partial charge < -0.3 is 9.47 Å². The van der Waals surface area contributed by atoms with Crippen molar-refractivity contribution in [3.63, 3.8) is 0 Å². The molecule has 0 atom stereocenters. The third-order valence-corrected chi connectivity index (χ3v) is 5.17. The molecular weight excluding hydrogens is 474 g/mol. The molecule has 0 bridgehead atoms. The number of halogens is 1. The van der Waals surface area contributed by atoms with Crippen molar-refractivity contribution in [2.45, 2.75) is 0 Å². The lowest BCUT2D eigenvalue weighted by molar-refractivity contribution is 0.0462. The van der Waals surface area contributed by atoms with E-state index in [0.29, 0.717) is 22.8 Å². The molecule has 8 heteroatoms. The van der Waals surface area contributed by atoms with Crippen molar-refractivity contribution in [3.05, 3.63) is 94.7 Å². The number of aromatic nitrogens is 3. The van der Waals surface area contributed by atoms with Gasteiger partial charge in [-0.15, -0.1) is 5.10 Å². The van der Waals surface area contributed by atoms with Gasteiger partial charge in [0.15, 0.2) is 18.2 Å². The molecule has 0 amide bonds. The van der Waals surface area contributed by atoms with Crippen LogP contribution in [-0.4, -0.2) is 40.2 Å². The van der Waals surface area contributed by atoms with Gasteiger partial charge in [-0.1, -0.05) is 58.4 Å². The Kier molecular flexibility index (Phi) is 6.42. The number of nitrogens with zero attached hydrogens (tertiary/aromatic N) is 3. The van der Waals surface area contributed by atoms with Gasteiger partial charge in [0.2, 0.25) is 0 Å². The summed E-state index contributed by atoms with van der Waals surface area (Å²) in [5.41, 5.74) is 1.92. The van der Waals surface area contributed by atoms with Crippen LogP contribution in [0.15, 0.2) is 83.3 Å². The molecular formula is C24H18BrN3O4. The van der Waals surface area contributed by atoms with Crippen LogP contribution in [0.4, 0.5) is 0 Å². The van der Waals surface area contributed by atoms with E-state index < -0.39 is 12.6 Å². The second-order valence-electron chi connectivity index (χ2n) is 6.74. The zero-order chi connectivity index (χ0) is 22.5. The van der Waals surface area contributed by atoms with Crippen LogP contribution in [0.3, 0.4) is 0 Å². The fraction of sp³-hybridized carbons (Fsp3) is 0.0833. The third-order valence-electron chi connectivity index (χ3n) is 4.64. The van der Waals surface area contributed by atoms with Gasteiger partial charge in [0, 0.05) is 15.6 Å². The lowest BCUT2D eigenvalue weighted by Crippen LogP contribution is -2.15. The molecule has 0 N–H and O–H groups in total. The molecule has 0 fully saturated rings. The van der Waals surface area contributed by atoms with E-state index in [1.807, 2.05) is 42.5 Å². The van der Waals surface area contributed by atoms with Crippen LogP contribution >= 0.6 is 15.9 Å². The van der Waals surface area contributed by atoms with E-state index in [4.69, 9.17) is 9.47 Å². The van der Waals surface area contributed by atoms with E-state index in [1.54, 1.807) is 48.2 Å². The lowest BCUT2D eigenvalue weighted by Gasteiger charge is -2.07. The number of esters is 1. The summed E-state index contributed by atoms with van der Waals surface area (Å²) in [5.74, 6) is -0.0664. The van der Waals surface area contributed by atoms with E-state index in [2.05, 4.69) is 26.0 Å². The molecule has 0 radical (unpaired) electrons. The topological polar surface area (TPSA) is 83.3 Å². The lowest BCUT2D eigenvalue weighted by atomic mass is 10.1. The van der Waals surface area contributed by atoms with Gasteiger partial charge in [0.05, 0.1) is 12.8 Å². The van der Waals surface area contributed by atoms with Crippen LogP contribution in [-0.2, 0) is 4.74 Å². The van der Waals surface area contributed by atoms with Gasteiger partial charge in [-0.2, -0.15) is 0 Å². The van der Waals surface area contributed by atoms with Crippen LogP contribution in [0, 0.1) is 0 Å². The maximum atomic E-state index is 12.6. The average molecular weight is 492 g/mol. The van der Waals surface area contributed by atoms with Crippen molar-refractivity contribution in [3.8, 4) is 22.8 Å². The molecule has 0 saturated heterocycles. The van der Waals surface area contributed by atoms with Crippen LogP contribution in [0.25, 0.3) is 17.1 Å². The molecule has 0 aliphatic rings. The number of methoxy groups -OCH3 is 1. The summed E-state index contributed by atoms with van der Waals surface area (Å²) >= 11 is 3.42. The van der Waals surface area contributed by atoms with Gasteiger partial charge in [0.25, 0.3) is 5.82 Å². The predicted octanol–water partition coefficient (Wildman–Crippen LogP) is 4.75. The maximum absolute atomic E-state index is 12.6. The average Bonchev–Trinajstić information content (AvgIpc) is 3.29. The van der Waals surface area contributed by atoms with E-state index in [9.17, 15) is 9.59 Å². The first kappa shape index (κ1) is 21.5. The Morgan fingerprint density at radius 1 is 0.938 bits per heavy atom. The molecule has 0 saturated carbocycles. The molecule has 0 unspecified atom stereocenters. The minimum atomic E-state index is -0.778. The Balaban J connectivity index is 1.62. The number of Topliss-reactive ketones (excluding diaryl/α,β-unsaturated/α-hetero) is 1. The van der Waals surface area contributed by atoms with Gasteiger partial charge in [-0.05, 0) is 36.4 Å². The van der Waals surface area contributed by atoms with E-state index in [1.165, 1.54) is 0 Å². The minimum absolute atomic E-state index is 0.139. The van der Waals surface area contributed by atoms with Crippen LogP contribution in [0.1, 0.15) is 21.0 Å². The zero-order valence-electron chi connectivity index (χ0n) is 17.1. The molecule has 1 aromatic heterocycles. The summed E-state index contributed by atoms with van der Waals surface area (Å²) in [5, 5.41) is 4.35. The first-order chi connectivity index (χ1) is 15.5. The third kappa shape index (κ3) is 4.76. The fourth-order valence-corrected chi connectivity index (χ4v) is 3.26. The molecule has 4 aromatic rings. The number of ketones is 1. The van der Waals surface area contributed by atoms with E-state index in [-0.39, 0.29) is 11.6 Å². The Morgan fingerprint density at radius 3 is 2.28 bits per heavy atom. The highest BCUT2D eigenvalue weighted by molar-refractivity contribution is 9.10. The van der Waals surface area contributed by atoms with Gasteiger partial charge in [0.1, 0.15) is 5.75 Å². The van der Waals surface area contributed by atoms with Gasteiger partial charge in [-0.25, -0.2) is 14.5 Å². The second-order valence-corrected chi connectivity index (χ2v) is 7.66. The number of benzene rings is 3. The van der Waals surface area contributed by atoms with Crippen LogP contribution in [0.2, 0.25) is 0 Å². The Hall–Kier alpha value is -3.78. The van der Waals surface area contributed by atoms with Crippen LogP contribution < -0.4 is 4.74 Å². The van der Waals surface area contributed by atoms with E-state index in [0.717, 1.165) is 10.0 Å². The van der Waals surface area contributed by atoms with Crippen LogP contribution in [0.5, 0.6) is 5.75 Å². The highest BCUT2D eigenvalue weighted by atomic mass is 79.9. The smallest absolute Gasteiger partial charge is 0.378 e. The van der Waals surface area contributed by atoms with Crippen molar-refractivity contribution >= 4 is 27.7 Å². The van der Waals surface area contributed by atoms with Gasteiger partial charge >= 0.3 is 5.97 Å². The number of carbonyl (C=O) groups is 2. The molecule has 1 heterocycles. The Bertz CT molecular complexity index is 1240. The van der Waals surface area contributed by atoms with Gasteiger partial charge in [-0.3, -0.25) is 4.79 Å². The van der Waals surface area contributed by atoms with E-state index >= 15 is 0 Å². The normalized spacial score (nSPS) is 10.6. The molecule has 0 aliphatic carbocycles. The number of carbonyl (C=O) groups excluding carboxylic acids is 2. The molecule has 0 spiro atoms. The molecule has 160 valence electrons. The summed E-state index contributed by atoms with van der Waals surface area (Å²) in [4.78, 5) is 29.3. The van der Waals surface area contributed by atoms with Crippen molar-refractivity contribution in [2.75, 3.05) is 13.7 Å². The molecule has 0 aliphatic heterocycles. The molecule has 7 nitrogen and oxygen atoms in total. The molecule has 4 rings (SSSR count). The summed E-state index contributed by atoms with van der Waals surface area (Å²) < 4.78 is 12.9. The van der Waals surface area contributed by atoms with Crippen molar-refractivity contribution in [1.29, 1.82) is 0 Å². The summed E-state index contributed by atoms with van der Waals surface area (Å²) in [6.07, 6.45) is 0. The Labute approximate surface area is 192 Å². The first-order valence-electron chi connectivity index (χ1n) is 9.68. The van der Waals surface area contributed by atoms with Crippen molar-refractivity contribution in [2.24, 2.45) is 0 Å². The number of rotatable bonds is 7. The monoisotopic (exact) mass is 491 g/mol. The summed E-state index contributed by atoms with van der Waals surface area (Å²) in [6.45, 7) is -0.395. The Morgan fingerprint density at radius 2 is 1.62 bits per heavy atom. The minimum Gasteiger partial charge on any atom is -0.497 e. The van der Waals surface area contributed by atoms with Crippen molar-refractivity contribution < 1.29 is 19.1 Å². The van der Waals surface area contributed by atoms with Crippen molar-refractivity contribution in [1.82, 2.24) is 14.8 Å². The predicted molar refractivity (Wildman–Crippen MR) is 122 cm³/mol. The summed E-state index contributed by atoms with van der Waals surface area (Å²) in [6, 6.07) is 23.3. The second kappa shape index (κ2) is 9.57. The number of hydrogen-bond acceptors (Lipinski definition) is 6. The zero-order valence-corrected chi connectivity index (χ0v) is 18.7. The maximum Gasteiger partial charge on any atom is 0.378 e. The quantitative estimate of drug-likeness (QED) is 0.274. The molecule has 3 aromatic carbocycles. The first-order valence-corrected chi connectivity index (χ1v) is 10.5.